The second kappa shape index (κ2) is 5.58. The van der Waals surface area contributed by atoms with Crippen LogP contribution in [0.15, 0.2) is 0 Å². The Balaban J connectivity index is 2.01. The molecule has 2 heterocycles. The maximum absolute atomic E-state index is 9.75. The van der Waals surface area contributed by atoms with Crippen LogP contribution in [0.4, 0.5) is 0 Å². The van der Waals surface area contributed by atoms with Crippen LogP contribution < -0.4 is 0 Å². The van der Waals surface area contributed by atoms with Gasteiger partial charge in [0.05, 0.1) is 6.10 Å². The number of aliphatic hydroxyl groups excluding tert-OH is 1. The summed E-state index contributed by atoms with van der Waals surface area (Å²) in [6.07, 6.45) is 0.568. The molecule has 1 fully saturated rings. The first-order valence-corrected chi connectivity index (χ1v) is 6.75. The van der Waals surface area contributed by atoms with Gasteiger partial charge in [0.25, 0.3) is 0 Å². The van der Waals surface area contributed by atoms with E-state index >= 15 is 0 Å². The average Bonchev–Trinajstić information content (AvgIpc) is 2.75. The molecule has 96 valence electrons. The molecule has 1 N–H and O–H groups in total. The van der Waals surface area contributed by atoms with Crippen molar-refractivity contribution in [1.29, 1.82) is 0 Å². The number of halogens is 1. The molecule has 1 saturated heterocycles. The van der Waals surface area contributed by atoms with Crippen molar-refractivity contribution in [3.63, 3.8) is 0 Å². The standard InChI is InChI=1S/C10H17ClN4OS/c1-14(2)4-7-3-8(16)5-15(7)6-9-10(11)17-13-12-9/h7-8,16H,3-6H2,1-2H3. The highest BCUT2D eigenvalue weighted by Crippen LogP contribution is 2.24. The highest BCUT2D eigenvalue weighted by molar-refractivity contribution is 7.10. The lowest BCUT2D eigenvalue weighted by atomic mass is 10.2. The van der Waals surface area contributed by atoms with Crippen molar-refractivity contribution in [2.75, 3.05) is 27.2 Å². The summed E-state index contributed by atoms with van der Waals surface area (Å²) in [7, 11) is 4.08. The van der Waals surface area contributed by atoms with E-state index in [1.54, 1.807) is 0 Å². The van der Waals surface area contributed by atoms with E-state index in [4.69, 9.17) is 11.6 Å². The molecule has 17 heavy (non-hydrogen) atoms. The minimum absolute atomic E-state index is 0.245. The van der Waals surface area contributed by atoms with Gasteiger partial charge in [0.2, 0.25) is 0 Å². The Hall–Kier alpha value is -0.270. The predicted octanol–water partition coefficient (Wildman–Crippen LogP) is 0.688. The zero-order chi connectivity index (χ0) is 12.4. The van der Waals surface area contributed by atoms with Gasteiger partial charge in [0.15, 0.2) is 0 Å². The fourth-order valence-corrected chi connectivity index (χ4v) is 2.86. The third kappa shape index (κ3) is 3.35. The quantitative estimate of drug-likeness (QED) is 0.877. The molecule has 0 aromatic carbocycles. The minimum Gasteiger partial charge on any atom is -0.392 e. The number of likely N-dealkylation sites (tertiary alicyclic amines) is 1. The molecule has 2 atom stereocenters. The molecule has 0 saturated carbocycles. The van der Waals surface area contributed by atoms with Gasteiger partial charge in [-0.25, -0.2) is 0 Å². The van der Waals surface area contributed by atoms with E-state index < -0.39 is 0 Å². The van der Waals surface area contributed by atoms with Crippen molar-refractivity contribution in [2.45, 2.75) is 25.1 Å². The first kappa shape index (κ1) is 13.2. The van der Waals surface area contributed by atoms with Gasteiger partial charge in [-0.1, -0.05) is 16.1 Å². The smallest absolute Gasteiger partial charge is 0.138 e. The summed E-state index contributed by atoms with van der Waals surface area (Å²) in [5.74, 6) is 0. The van der Waals surface area contributed by atoms with E-state index in [1.807, 2.05) is 14.1 Å². The Kier molecular flexibility index (Phi) is 4.32. The zero-order valence-electron chi connectivity index (χ0n) is 10.0. The molecule has 1 aliphatic rings. The topological polar surface area (TPSA) is 52.5 Å². The fourth-order valence-electron chi connectivity index (χ4n) is 2.25. The maximum Gasteiger partial charge on any atom is 0.138 e. The van der Waals surface area contributed by atoms with Crippen molar-refractivity contribution in [3.05, 3.63) is 10.0 Å². The van der Waals surface area contributed by atoms with Gasteiger partial charge >= 0.3 is 0 Å². The van der Waals surface area contributed by atoms with Crippen LogP contribution in [0.5, 0.6) is 0 Å². The van der Waals surface area contributed by atoms with Crippen LogP contribution in [0, 0.1) is 0 Å². The van der Waals surface area contributed by atoms with E-state index in [2.05, 4.69) is 19.4 Å². The zero-order valence-corrected chi connectivity index (χ0v) is 11.6. The van der Waals surface area contributed by atoms with Gasteiger partial charge < -0.3 is 10.0 Å². The molecular weight excluding hydrogens is 260 g/mol. The number of aliphatic hydroxyl groups is 1. The largest absolute Gasteiger partial charge is 0.392 e. The summed E-state index contributed by atoms with van der Waals surface area (Å²) in [6, 6.07) is 0.359. The highest BCUT2D eigenvalue weighted by atomic mass is 35.5. The van der Waals surface area contributed by atoms with Gasteiger partial charge in [0, 0.05) is 37.2 Å². The fraction of sp³-hybridized carbons (Fsp3) is 0.800. The summed E-state index contributed by atoms with van der Waals surface area (Å²) in [5, 5.41) is 13.8. The van der Waals surface area contributed by atoms with Crippen LogP contribution in [-0.2, 0) is 6.54 Å². The number of β-amino-alcohol motifs (C(OH)–C–C–N with tert-alkyl or cyclic N) is 1. The SMILES string of the molecule is CN(C)CC1CC(O)CN1Cc1nnsc1Cl. The Morgan fingerprint density at radius 2 is 2.35 bits per heavy atom. The lowest BCUT2D eigenvalue weighted by Gasteiger charge is -2.25. The number of hydrogen-bond donors (Lipinski definition) is 1. The first-order valence-electron chi connectivity index (χ1n) is 5.60. The van der Waals surface area contributed by atoms with Crippen LogP contribution in [0.2, 0.25) is 4.34 Å². The van der Waals surface area contributed by atoms with Crippen molar-refractivity contribution < 1.29 is 5.11 Å². The van der Waals surface area contributed by atoms with Crippen molar-refractivity contribution in [1.82, 2.24) is 19.4 Å². The normalized spacial score (nSPS) is 25.9. The van der Waals surface area contributed by atoms with Crippen LogP contribution in [0.1, 0.15) is 12.1 Å². The Bertz CT molecular complexity index is 373. The number of likely N-dealkylation sites (N-methyl/N-ethyl adjacent to an activating group) is 1. The summed E-state index contributed by atoms with van der Waals surface area (Å²) >= 11 is 7.21. The predicted molar refractivity (Wildman–Crippen MR) is 68.3 cm³/mol. The summed E-state index contributed by atoms with van der Waals surface area (Å²) < 4.78 is 4.48. The highest BCUT2D eigenvalue weighted by Gasteiger charge is 2.31. The molecule has 1 aromatic heterocycles. The van der Waals surface area contributed by atoms with Gasteiger partial charge in [-0.3, -0.25) is 4.90 Å². The Morgan fingerprint density at radius 3 is 2.94 bits per heavy atom. The van der Waals surface area contributed by atoms with E-state index in [1.165, 1.54) is 11.5 Å². The second-order valence-corrected chi connectivity index (χ2v) is 6.08. The average molecular weight is 277 g/mol. The van der Waals surface area contributed by atoms with E-state index in [-0.39, 0.29) is 6.10 Å². The third-order valence-electron chi connectivity index (χ3n) is 2.94. The summed E-state index contributed by atoms with van der Waals surface area (Å²) in [4.78, 5) is 4.36. The van der Waals surface area contributed by atoms with Gasteiger partial charge in [-0.2, -0.15) is 0 Å². The number of hydrogen-bond acceptors (Lipinski definition) is 6. The molecule has 1 aliphatic heterocycles. The van der Waals surface area contributed by atoms with E-state index in [0.29, 0.717) is 23.5 Å². The van der Waals surface area contributed by atoms with Gasteiger partial charge in [-0.15, -0.1) is 5.10 Å². The van der Waals surface area contributed by atoms with Crippen LogP contribution >= 0.6 is 23.1 Å². The van der Waals surface area contributed by atoms with Crippen LogP contribution in [0.3, 0.4) is 0 Å². The lowest BCUT2D eigenvalue weighted by molar-refractivity contribution is 0.168. The van der Waals surface area contributed by atoms with E-state index in [0.717, 1.165) is 18.7 Å². The molecule has 5 nitrogen and oxygen atoms in total. The van der Waals surface area contributed by atoms with Crippen LogP contribution in [-0.4, -0.2) is 63.8 Å². The molecule has 0 amide bonds. The third-order valence-corrected chi connectivity index (χ3v) is 3.93. The molecule has 2 unspecified atom stereocenters. The molecule has 7 heteroatoms. The molecule has 0 bridgehead atoms. The molecule has 0 radical (unpaired) electrons. The van der Waals surface area contributed by atoms with Gasteiger partial charge in [0.1, 0.15) is 10.0 Å². The van der Waals surface area contributed by atoms with Crippen molar-refractivity contribution in [3.8, 4) is 0 Å². The molecule has 0 spiro atoms. The summed E-state index contributed by atoms with van der Waals surface area (Å²) in [6.45, 7) is 2.30. The minimum atomic E-state index is -0.245. The number of nitrogens with zero attached hydrogens (tertiary/aromatic N) is 4. The van der Waals surface area contributed by atoms with Crippen LogP contribution in [0.25, 0.3) is 0 Å². The monoisotopic (exact) mass is 276 g/mol. The Morgan fingerprint density at radius 1 is 1.59 bits per heavy atom. The lowest BCUT2D eigenvalue weighted by Crippen LogP contribution is -2.37. The number of aromatic nitrogens is 2. The van der Waals surface area contributed by atoms with Gasteiger partial charge in [-0.05, 0) is 20.5 Å². The molecule has 1 aromatic rings. The number of rotatable bonds is 4. The van der Waals surface area contributed by atoms with Crippen molar-refractivity contribution in [2.24, 2.45) is 0 Å². The molecule has 2 rings (SSSR count). The van der Waals surface area contributed by atoms with Crippen molar-refractivity contribution >= 4 is 23.1 Å². The first-order chi connectivity index (χ1) is 8.06. The maximum atomic E-state index is 9.75. The Labute approximate surface area is 110 Å². The second-order valence-electron chi connectivity index (χ2n) is 4.73. The molecular formula is C10H17ClN4OS. The van der Waals surface area contributed by atoms with E-state index in [9.17, 15) is 5.11 Å². The molecule has 0 aliphatic carbocycles. The summed E-state index contributed by atoms with van der Waals surface area (Å²) in [5.41, 5.74) is 0.814.